The summed E-state index contributed by atoms with van der Waals surface area (Å²) < 4.78 is 0. The molecule has 0 aromatic heterocycles. The molecule has 0 saturated carbocycles. The fourth-order valence-electron chi connectivity index (χ4n) is 2.58. The average Bonchev–Trinajstić information content (AvgIpc) is 2.32. The standard InChI is InChI=1S/C15H31NO4Si/c1-10(8-15(4,5)21(6,7)20)11(2)13(16-9-17)12(3)14(18)19/h9-13,20H,8H2,1-7H3,(H,16,17)(H,18,19)/t10?,11?,12-,13+/m1/s1. The van der Waals surface area contributed by atoms with Gasteiger partial charge in [-0.1, -0.05) is 27.7 Å². The van der Waals surface area contributed by atoms with Gasteiger partial charge in [0.1, 0.15) is 0 Å². The van der Waals surface area contributed by atoms with Crippen LogP contribution in [-0.4, -0.2) is 36.6 Å². The van der Waals surface area contributed by atoms with Crippen molar-refractivity contribution in [3.05, 3.63) is 0 Å². The molecule has 2 unspecified atom stereocenters. The number of nitrogens with one attached hydrogen (secondary N) is 1. The first-order valence-electron chi connectivity index (χ1n) is 7.50. The monoisotopic (exact) mass is 317 g/mol. The van der Waals surface area contributed by atoms with Crippen molar-refractivity contribution in [1.82, 2.24) is 5.32 Å². The van der Waals surface area contributed by atoms with E-state index in [0.717, 1.165) is 6.42 Å². The first kappa shape index (κ1) is 20.1. The van der Waals surface area contributed by atoms with Crippen molar-refractivity contribution in [2.45, 2.75) is 65.2 Å². The molecule has 5 nitrogen and oxygen atoms in total. The molecule has 3 N–H and O–H groups in total. The molecule has 0 aliphatic carbocycles. The topological polar surface area (TPSA) is 86.6 Å². The number of carbonyl (C=O) groups excluding carboxylic acids is 1. The molecule has 124 valence electrons. The minimum Gasteiger partial charge on any atom is -0.481 e. The van der Waals surface area contributed by atoms with Gasteiger partial charge in [0.2, 0.25) is 6.41 Å². The maximum absolute atomic E-state index is 11.2. The molecular weight excluding hydrogens is 286 g/mol. The van der Waals surface area contributed by atoms with Crippen LogP contribution in [0.25, 0.3) is 0 Å². The first-order chi connectivity index (χ1) is 9.35. The second-order valence-corrected chi connectivity index (χ2v) is 11.9. The normalized spacial score (nSPS) is 18.5. The lowest BCUT2D eigenvalue weighted by Crippen LogP contribution is -2.46. The van der Waals surface area contributed by atoms with Gasteiger partial charge in [-0.05, 0) is 43.3 Å². The van der Waals surface area contributed by atoms with Crippen LogP contribution >= 0.6 is 0 Å². The highest BCUT2D eigenvalue weighted by molar-refractivity contribution is 6.72. The van der Waals surface area contributed by atoms with Crippen molar-refractivity contribution >= 4 is 20.7 Å². The van der Waals surface area contributed by atoms with Crippen molar-refractivity contribution < 1.29 is 19.5 Å². The van der Waals surface area contributed by atoms with Crippen molar-refractivity contribution in [3.8, 4) is 0 Å². The summed E-state index contributed by atoms with van der Waals surface area (Å²) in [7, 11) is -2.30. The van der Waals surface area contributed by atoms with E-state index in [1.54, 1.807) is 6.92 Å². The minimum atomic E-state index is -2.30. The smallest absolute Gasteiger partial charge is 0.308 e. The summed E-state index contributed by atoms with van der Waals surface area (Å²) in [6.45, 7) is 13.6. The summed E-state index contributed by atoms with van der Waals surface area (Å²) in [4.78, 5) is 32.4. The molecule has 1 amide bonds. The number of amides is 1. The van der Waals surface area contributed by atoms with Gasteiger partial charge >= 0.3 is 5.97 Å². The number of carbonyl (C=O) groups is 2. The van der Waals surface area contributed by atoms with Gasteiger partial charge in [0.15, 0.2) is 8.32 Å². The number of carboxylic acid groups (broad SMARTS) is 1. The van der Waals surface area contributed by atoms with E-state index in [1.165, 1.54) is 0 Å². The van der Waals surface area contributed by atoms with Crippen LogP contribution in [0.3, 0.4) is 0 Å². The number of aliphatic carboxylic acids is 1. The molecule has 0 spiro atoms. The SMILES string of the molecule is CC(CC(C)(C)[Si](C)(C)O)C(C)[C@H](NC=O)[C@@H](C)C(=O)O. The van der Waals surface area contributed by atoms with Crippen LogP contribution in [0.1, 0.15) is 41.0 Å². The van der Waals surface area contributed by atoms with Gasteiger partial charge in [-0.25, -0.2) is 0 Å². The molecule has 0 aliphatic rings. The molecule has 0 rings (SSSR count). The van der Waals surface area contributed by atoms with Crippen LogP contribution in [0.2, 0.25) is 18.1 Å². The quantitative estimate of drug-likeness (QED) is 0.450. The molecular formula is C15H31NO4Si. The Morgan fingerprint density at radius 1 is 1.29 bits per heavy atom. The Labute approximate surface area is 129 Å². The highest BCUT2D eigenvalue weighted by atomic mass is 28.4. The third kappa shape index (κ3) is 5.43. The molecule has 4 atom stereocenters. The molecule has 0 aromatic rings. The minimum absolute atomic E-state index is 0.0110. The summed E-state index contributed by atoms with van der Waals surface area (Å²) in [5, 5.41) is 11.7. The maximum atomic E-state index is 11.2. The lowest BCUT2D eigenvalue weighted by molar-refractivity contribution is -0.142. The van der Waals surface area contributed by atoms with Gasteiger partial charge < -0.3 is 15.2 Å². The highest BCUT2D eigenvalue weighted by Crippen LogP contribution is 2.43. The van der Waals surface area contributed by atoms with Crippen LogP contribution in [0.4, 0.5) is 0 Å². The van der Waals surface area contributed by atoms with E-state index in [2.05, 4.69) is 26.1 Å². The van der Waals surface area contributed by atoms with E-state index in [9.17, 15) is 19.5 Å². The van der Waals surface area contributed by atoms with Crippen LogP contribution < -0.4 is 5.32 Å². The van der Waals surface area contributed by atoms with Crippen LogP contribution in [0.15, 0.2) is 0 Å². The number of carboxylic acids is 1. The van der Waals surface area contributed by atoms with Gasteiger partial charge in [-0.2, -0.15) is 0 Å². The van der Waals surface area contributed by atoms with Crippen LogP contribution in [-0.2, 0) is 9.59 Å². The van der Waals surface area contributed by atoms with E-state index >= 15 is 0 Å². The number of rotatable bonds is 9. The van der Waals surface area contributed by atoms with E-state index in [4.69, 9.17) is 0 Å². The summed E-state index contributed by atoms with van der Waals surface area (Å²) in [5.74, 6) is -1.35. The summed E-state index contributed by atoms with van der Waals surface area (Å²) >= 11 is 0. The molecule has 0 aliphatic heterocycles. The lowest BCUT2D eigenvalue weighted by Gasteiger charge is -2.40. The fourth-order valence-corrected chi connectivity index (χ4v) is 3.40. The molecule has 0 heterocycles. The molecule has 6 heteroatoms. The molecule has 0 bridgehead atoms. The van der Waals surface area contributed by atoms with Crippen LogP contribution in [0, 0.1) is 17.8 Å². The Kier molecular flexibility index (Phi) is 7.09. The van der Waals surface area contributed by atoms with Crippen molar-refractivity contribution in [2.75, 3.05) is 0 Å². The number of hydrogen-bond donors (Lipinski definition) is 3. The van der Waals surface area contributed by atoms with Gasteiger partial charge in [-0.3, -0.25) is 9.59 Å². The lowest BCUT2D eigenvalue weighted by atomic mass is 9.79. The van der Waals surface area contributed by atoms with E-state index in [1.807, 2.05) is 20.0 Å². The summed E-state index contributed by atoms with van der Waals surface area (Å²) in [6, 6.07) is -0.408. The Morgan fingerprint density at radius 3 is 2.10 bits per heavy atom. The Balaban J connectivity index is 5.06. The first-order valence-corrected chi connectivity index (χ1v) is 10.4. The Hall–Kier alpha value is -0.883. The molecule has 0 radical (unpaired) electrons. The van der Waals surface area contributed by atoms with Gasteiger partial charge in [0, 0.05) is 6.04 Å². The third-order valence-corrected chi connectivity index (χ3v) is 8.66. The number of hydrogen-bond acceptors (Lipinski definition) is 3. The second-order valence-electron chi connectivity index (χ2n) is 7.42. The zero-order valence-electron chi connectivity index (χ0n) is 14.3. The van der Waals surface area contributed by atoms with Crippen molar-refractivity contribution in [3.63, 3.8) is 0 Å². The summed E-state index contributed by atoms with van der Waals surface area (Å²) in [6.07, 6.45) is 1.37. The fraction of sp³-hybridized carbons (Fsp3) is 0.867. The van der Waals surface area contributed by atoms with E-state index in [0.29, 0.717) is 6.41 Å². The van der Waals surface area contributed by atoms with Gasteiger partial charge in [0.05, 0.1) is 5.92 Å². The highest BCUT2D eigenvalue weighted by Gasteiger charge is 2.41. The largest absolute Gasteiger partial charge is 0.481 e. The van der Waals surface area contributed by atoms with Crippen LogP contribution in [0.5, 0.6) is 0 Å². The molecule has 0 saturated heterocycles. The third-order valence-electron chi connectivity index (χ3n) is 5.14. The Bertz CT molecular complexity index is 365. The van der Waals surface area contributed by atoms with E-state index in [-0.39, 0.29) is 16.9 Å². The zero-order chi connectivity index (χ0) is 17.0. The maximum Gasteiger partial charge on any atom is 0.308 e. The average molecular weight is 318 g/mol. The summed E-state index contributed by atoms with van der Waals surface area (Å²) in [5.41, 5.74) is 0. The predicted octanol–water partition coefficient (Wildman–Crippen LogP) is 2.46. The van der Waals surface area contributed by atoms with Gasteiger partial charge in [0.25, 0.3) is 0 Å². The molecule has 21 heavy (non-hydrogen) atoms. The Morgan fingerprint density at radius 2 is 1.76 bits per heavy atom. The van der Waals surface area contributed by atoms with E-state index < -0.39 is 26.2 Å². The molecule has 0 fully saturated rings. The second kappa shape index (κ2) is 7.40. The van der Waals surface area contributed by atoms with Crippen molar-refractivity contribution in [2.24, 2.45) is 17.8 Å². The molecule has 0 aromatic carbocycles. The van der Waals surface area contributed by atoms with Crippen molar-refractivity contribution in [1.29, 1.82) is 0 Å². The zero-order valence-corrected chi connectivity index (χ0v) is 15.3. The predicted molar refractivity (Wildman–Crippen MR) is 86.5 cm³/mol. The van der Waals surface area contributed by atoms with Gasteiger partial charge in [-0.15, -0.1) is 0 Å².